The number of halogens is 1. The molecule has 1 amide bonds. The van der Waals surface area contributed by atoms with E-state index >= 15 is 0 Å². The lowest BCUT2D eigenvalue weighted by atomic mass is 9.95. The van der Waals surface area contributed by atoms with Gasteiger partial charge in [0.2, 0.25) is 5.91 Å². The highest BCUT2D eigenvalue weighted by atomic mass is 19.1. The van der Waals surface area contributed by atoms with E-state index in [1.54, 1.807) is 12.1 Å². The first-order valence-electron chi connectivity index (χ1n) is 6.02. The largest absolute Gasteiger partial charge is 0.388 e. The number of hydrogen-bond acceptors (Lipinski definition) is 2. The minimum atomic E-state index is -0.689. The summed E-state index contributed by atoms with van der Waals surface area (Å²) in [6, 6.07) is 5.72. The maximum Gasteiger partial charge on any atom is 0.225 e. The molecule has 0 saturated heterocycles. The van der Waals surface area contributed by atoms with Crippen molar-refractivity contribution in [1.82, 2.24) is 5.32 Å². The van der Waals surface area contributed by atoms with Gasteiger partial charge in [0, 0.05) is 12.0 Å². The Balaban J connectivity index is 2.40. The summed E-state index contributed by atoms with van der Waals surface area (Å²) in [5, 5.41) is 12.6. The second-order valence-electron chi connectivity index (χ2n) is 5.36. The Morgan fingerprint density at radius 2 is 1.89 bits per heavy atom. The van der Waals surface area contributed by atoms with E-state index in [4.69, 9.17) is 0 Å². The Kier molecular flexibility index (Phi) is 4.84. The van der Waals surface area contributed by atoms with E-state index in [1.807, 2.05) is 20.8 Å². The third-order valence-electron chi connectivity index (χ3n) is 2.64. The monoisotopic (exact) mass is 253 g/mol. The highest BCUT2D eigenvalue weighted by Gasteiger charge is 2.20. The fourth-order valence-corrected chi connectivity index (χ4v) is 1.44. The summed E-state index contributed by atoms with van der Waals surface area (Å²) in [5.74, 6) is -0.374. The molecule has 1 atom stereocenters. The van der Waals surface area contributed by atoms with Crippen molar-refractivity contribution in [3.8, 4) is 0 Å². The van der Waals surface area contributed by atoms with E-state index in [2.05, 4.69) is 5.32 Å². The molecule has 0 heterocycles. The van der Waals surface area contributed by atoms with Gasteiger partial charge in [-0.1, -0.05) is 32.9 Å². The maximum atomic E-state index is 12.7. The van der Waals surface area contributed by atoms with Crippen molar-refractivity contribution in [2.75, 3.05) is 6.54 Å². The fraction of sp³-hybridized carbons (Fsp3) is 0.500. The van der Waals surface area contributed by atoms with E-state index in [0.717, 1.165) is 0 Å². The zero-order valence-electron chi connectivity index (χ0n) is 11.0. The zero-order chi connectivity index (χ0) is 13.8. The van der Waals surface area contributed by atoms with Crippen LogP contribution >= 0.6 is 0 Å². The summed E-state index contributed by atoms with van der Waals surface area (Å²) in [6.07, 6.45) is -0.279. The summed E-state index contributed by atoms with van der Waals surface area (Å²) in [4.78, 5) is 11.6. The second kappa shape index (κ2) is 5.96. The quantitative estimate of drug-likeness (QED) is 0.865. The van der Waals surface area contributed by atoms with Crippen LogP contribution in [0.25, 0.3) is 0 Å². The van der Waals surface area contributed by atoms with E-state index in [9.17, 15) is 14.3 Å². The van der Waals surface area contributed by atoms with Gasteiger partial charge in [0.15, 0.2) is 0 Å². The smallest absolute Gasteiger partial charge is 0.225 e. The number of carbonyl (C=O) groups excluding carboxylic acids is 1. The average molecular weight is 253 g/mol. The van der Waals surface area contributed by atoms with Gasteiger partial charge in [0.05, 0.1) is 6.10 Å². The molecule has 100 valence electrons. The van der Waals surface area contributed by atoms with Gasteiger partial charge < -0.3 is 10.4 Å². The predicted molar refractivity (Wildman–Crippen MR) is 68.4 cm³/mol. The normalized spacial score (nSPS) is 13.2. The van der Waals surface area contributed by atoms with Crippen molar-refractivity contribution in [3.63, 3.8) is 0 Å². The maximum absolute atomic E-state index is 12.7. The van der Waals surface area contributed by atoms with Crippen LogP contribution < -0.4 is 5.32 Å². The summed E-state index contributed by atoms with van der Waals surface area (Å²) >= 11 is 0. The van der Waals surface area contributed by atoms with Crippen LogP contribution in [0.2, 0.25) is 0 Å². The number of nitrogens with one attached hydrogen (secondary N) is 1. The van der Waals surface area contributed by atoms with Crippen LogP contribution in [0.3, 0.4) is 0 Å². The molecular formula is C14H20FNO2. The van der Waals surface area contributed by atoms with Crippen LogP contribution in [0.5, 0.6) is 0 Å². The molecule has 0 aliphatic rings. The molecule has 0 radical (unpaired) electrons. The van der Waals surface area contributed by atoms with Gasteiger partial charge in [-0.05, 0) is 24.1 Å². The minimum absolute atomic E-state index is 0.0474. The zero-order valence-corrected chi connectivity index (χ0v) is 11.0. The van der Waals surface area contributed by atoms with Crippen LogP contribution in [0.4, 0.5) is 4.39 Å². The van der Waals surface area contributed by atoms with Gasteiger partial charge in [-0.15, -0.1) is 0 Å². The van der Waals surface area contributed by atoms with Gasteiger partial charge in [0.1, 0.15) is 5.82 Å². The first-order valence-corrected chi connectivity index (χ1v) is 6.02. The number of aliphatic hydroxyl groups excluding tert-OH is 1. The first-order chi connectivity index (χ1) is 8.30. The molecule has 0 saturated carbocycles. The van der Waals surface area contributed by atoms with E-state index in [1.165, 1.54) is 12.1 Å². The number of hydrogen-bond donors (Lipinski definition) is 2. The molecule has 4 heteroatoms. The Labute approximate surface area is 107 Å². The number of benzene rings is 1. The van der Waals surface area contributed by atoms with Crippen molar-refractivity contribution in [1.29, 1.82) is 0 Å². The lowest BCUT2D eigenvalue weighted by molar-refractivity contribution is -0.128. The highest BCUT2D eigenvalue weighted by molar-refractivity contribution is 5.81. The third kappa shape index (κ3) is 4.45. The fourth-order valence-electron chi connectivity index (χ4n) is 1.44. The Morgan fingerprint density at radius 3 is 2.39 bits per heavy atom. The van der Waals surface area contributed by atoms with Gasteiger partial charge in [0.25, 0.3) is 0 Å². The van der Waals surface area contributed by atoms with Gasteiger partial charge in [-0.25, -0.2) is 4.39 Å². The Morgan fingerprint density at radius 1 is 1.33 bits per heavy atom. The van der Waals surface area contributed by atoms with Crippen molar-refractivity contribution < 1.29 is 14.3 Å². The van der Waals surface area contributed by atoms with Crippen molar-refractivity contribution in [2.45, 2.75) is 33.3 Å². The lowest BCUT2D eigenvalue weighted by Crippen LogP contribution is -2.35. The van der Waals surface area contributed by atoms with Crippen LogP contribution in [0.15, 0.2) is 24.3 Å². The molecule has 1 aromatic carbocycles. The standard InChI is InChI=1S/C14H20FNO2/c1-14(2,3)13(18)16-9-8-12(17)10-4-6-11(15)7-5-10/h4-7,12,17H,8-9H2,1-3H3,(H,16,18). The number of amides is 1. The van der Waals surface area contributed by atoms with E-state index < -0.39 is 11.5 Å². The lowest BCUT2D eigenvalue weighted by Gasteiger charge is -2.18. The second-order valence-corrected chi connectivity index (χ2v) is 5.36. The molecule has 2 N–H and O–H groups in total. The molecule has 3 nitrogen and oxygen atoms in total. The molecule has 18 heavy (non-hydrogen) atoms. The summed E-state index contributed by atoms with van der Waals surface area (Å²) in [5.41, 5.74) is 0.224. The topological polar surface area (TPSA) is 49.3 Å². The molecule has 0 aromatic heterocycles. The van der Waals surface area contributed by atoms with E-state index in [0.29, 0.717) is 18.5 Å². The number of carbonyl (C=O) groups is 1. The van der Waals surface area contributed by atoms with Crippen LogP contribution in [-0.4, -0.2) is 17.6 Å². The minimum Gasteiger partial charge on any atom is -0.388 e. The predicted octanol–water partition coefficient (Wildman–Crippen LogP) is 2.41. The molecule has 0 fully saturated rings. The number of aliphatic hydroxyl groups is 1. The summed E-state index contributed by atoms with van der Waals surface area (Å²) in [6.45, 7) is 5.89. The Hall–Kier alpha value is -1.42. The third-order valence-corrected chi connectivity index (χ3v) is 2.64. The molecule has 0 bridgehead atoms. The first kappa shape index (κ1) is 14.6. The van der Waals surface area contributed by atoms with Gasteiger partial charge in [-0.3, -0.25) is 4.79 Å². The SMILES string of the molecule is CC(C)(C)C(=O)NCCC(O)c1ccc(F)cc1. The molecule has 0 aliphatic heterocycles. The highest BCUT2D eigenvalue weighted by Crippen LogP contribution is 2.17. The molecule has 0 aliphatic carbocycles. The molecule has 1 unspecified atom stereocenters. The van der Waals surface area contributed by atoms with Gasteiger partial charge in [-0.2, -0.15) is 0 Å². The van der Waals surface area contributed by atoms with Crippen LogP contribution in [0, 0.1) is 11.2 Å². The van der Waals surface area contributed by atoms with Crippen LogP contribution in [-0.2, 0) is 4.79 Å². The molecule has 1 aromatic rings. The average Bonchev–Trinajstić information content (AvgIpc) is 2.28. The summed E-state index contributed by atoms with van der Waals surface area (Å²) < 4.78 is 12.7. The van der Waals surface area contributed by atoms with Crippen molar-refractivity contribution in [3.05, 3.63) is 35.6 Å². The molecule has 1 rings (SSSR count). The van der Waals surface area contributed by atoms with Crippen molar-refractivity contribution >= 4 is 5.91 Å². The van der Waals surface area contributed by atoms with Gasteiger partial charge >= 0.3 is 0 Å². The molecule has 0 spiro atoms. The van der Waals surface area contributed by atoms with Crippen LogP contribution in [0.1, 0.15) is 38.9 Å². The number of rotatable bonds is 4. The molecular weight excluding hydrogens is 233 g/mol. The Bertz CT molecular complexity index is 395. The van der Waals surface area contributed by atoms with E-state index in [-0.39, 0.29) is 11.7 Å². The van der Waals surface area contributed by atoms with Crippen molar-refractivity contribution in [2.24, 2.45) is 5.41 Å². The summed E-state index contributed by atoms with van der Waals surface area (Å²) in [7, 11) is 0.